The van der Waals surface area contributed by atoms with E-state index >= 15 is 0 Å². The summed E-state index contributed by atoms with van der Waals surface area (Å²) >= 11 is 2.20. The summed E-state index contributed by atoms with van der Waals surface area (Å²) in [5.74, 6) is 0. The number of hydrogen-bond acceptors (Lipinski definition) is 2. The molecule has 0 aliphatic carbocycles. The van der Waals surface area contributed by atoms with Crippen molar-refractivity contribution in [1.29, 1.82) is 0 Å². The van der Waals surface area contributed by atoms with E-state index in [2.05, 4.69) is 22.6 Å². The summed E-state index contributed by atoms with van der Waals surface area (Å²) in [6, 6.07) is 0. The van der Waals surface area contributed by atoms with Gasteiger partial charge in [0.25, 0.3) is 0 Å². The van der Waals surface area contributed by atoms with E-state index in [-0.39, 0.29) is 0 Å². The maximum atomic E-state index is 5.14. The van der Waals surface area contributed by atoms with Gasteiger partial charge in [-0.25, -0.2) is 0 Å². The van der Waals surface area contributed by atoms with Crippen LogP contribution in [0.1, 0.15) is 6.92 Å². The molecule has 8 heavy (non-hydrogen) atoms. The summed E-state index contributed by atoms with van der Waals surface area (Å²) in [6.07, 6.45) is 0. The molecule has 1 atom stereocenters. The molecule has 0 bridgehead atoms. The van der Waals surface area contributed by atoms with Gasteiger partial charge >= 0.3 is 0 Å². The van der Waals surface area contributed by atoms with Gasteiger partial charge in [-0.05, 0) is 6.92 Å². The van der Waals surface area contributed by atoms with Crippen LogP contribution in [0.25, 0.3) is 0 Å². The zero-order chi connectivity index (χ0) is 6.41. The molecule has 0 aliphatic rings. The Hall–Kier alpha value is 0.650. The van der Waals surface area contributed by atoms with Crippen molar-refractivity contribution in [3.05, 3.63) is 0 Å². The first-order chi connectivity index (χ1) is 3.77. The van der Waals surface area contributed by atoms with Crippen LogP contribution in [0.3, 0.4) is 0 Å². The average Bonchev–Trinajstić information content (AvgIpc) is 1.66. The number of rotatable bonds is 4. The molecule has 0 aromatic heterocycles. The lowest BCUT2D eigenvalue weighted by Crippen LogP contribution is -2.05. The summed E-state index contributed by atoms with van der Waals surface area (Å²) in [5.41, 5.74) is 0. The molecule has 0 amide bonds. The van der Waals surface area contributed by atoms with Crippen molar-refractivity contribution < 1.29 is 9.47 Å². The molecule has 50 valence electrons. The Kier molecular flexibility index (Phi) is 6.25. The van der Waals surface area contributed by atoms with Crippen molar-refractivity contribution in [3.8, 4) is 0 Å². The lowest BCUT2D eigenvalue weighted by Gasteiger charge is -2.03. The summed E-state index contributed by atoms with van der Waals surface area (Å²) in [5, 5.41) is 0. The molecule has 2 nitrogen and oxygen atoms in total. The van der Waals surface area contributed by atoms with Gasteiger partial charge in [0.1, 0.15) is 4.11 Å². The number of alkyl halides is 1. The molecule has 0 fully saturated rings. The maximum Gasteiger partial charge on any atom is 0.106 e. The van der Waals surface area contributed by atoms with Crippen LogP contribution in [0.15, 0.2) is 0 Å². The molecule has 0 radical (unpaired) electrons. The second kappa shape index (κ2) is 5.78. The van der Waals surface area contributed by atoms with Crippen LogP contribution >= 0.6 is 22.6 Å². The second-order valence-corrected chi connectivity index (χ2v) is 3.16. The van der Waals surface area contributed by atoms with E-state index in [0.29, 0.717) is 17.3 Å². The number of halogens is 1. The van der Waals surface area contributed by atoms with E-state index in [4.69, 9.17) is 9.47 Å². The number of methoxy groups -OCH3 is 1. The molecule has 0 saturated carbocycles. The Balaban J connectivity index is 2.72. The topological polar surface area (TPSA) is 18.5 Å². The Labute approximate surface area is 63.7 Å². The molecule has 0 rings (SSSR count). The summed E-state index contributed by atoms with van der Waals surface area (Å²) < 4.78 is 10.2. The van der Waals surface area contributed by atoms with Gasteiger partial charge in [-0.3, -0.25) is 0 Å². The highest BCUT2D eigenvalue weighted by Crippen LogP contribution is 1.98. The Morgan fingerprint density at radius 2 is 2.12 bits per heavy atom. The molecule has 0 aliphatic heterocycles. The lowest BCUT2D eigenvalue weighted by atomic mass is 10.7. The van der Waals surface area contributed by atoms with Gasteiger partial charge in [-0.2, -0.15) is 0 Å². The van der Waals surface area contributed by atoms with Crippen molar-refractivity contribution in [2.45, 2.75) is 11.0 Å². The third-order valence-corrected chi connectivity index (χ3v) is 0.995. The average molecular weight is 230 g/mol. The van der Waals surface area contributed by atoms with Crippen molar-refractivity contribution in [3.63, 3.8) is 0 Å². The lowest BCUT2D eigenvalue weighted by molar-refractivity contribution is 0.0701. The van der Waals surface area contributed by atoms with Crippen molar-refractivity contribution in [2.24, 2.45) is 0 Å². The quantitative estimate of drug-likeness (QED) is 0.413. The van der Waals surface area contributed by atoms with Crippen LogP contribution in [0.5, 0.6) is 0 Å². The van der Waals surface area contributed by atoms with Gasteiger partial charge in [0, 0.05) is 7.11 Å². The summed E-state index contributed by atoms with van der Waals surface area (Å²) in [6.45, 7) is 3.38. The molecule has 0 N–H and O–H groups in total. The molecule has 0 saturated heterocycles. The van der Waals surface area contributed by atoms with Crippen LogP contribution in [0.4, 0.5) is 0 Å². The highest BCUT2D eigenvalue weighted by atomic mass is 127. The van der Waals surface area contributed by atoms with Crippen molar-refractivity contribution in [1.82, 2.24) is 0 Å². The molecule has 0 aromatic carbocycles. The first kappa shape index (κ1) is 8.65. The summed E-state index contributed by atoms with van der Waals surface area (Å²) in [7, 11) is 1.67. The maximum absolute atomic E-state index is 5.14. The highest BCUT2D eigenvalue weighted by Gasteiger charge is 1.91. The van der Waals surface area contributed by atoms with E-state index in [1.807, 2.05) is 6.92 Å². The highest BCUT2D eigenvalue weighted by molar-refractivity contribution is 14.1. The monoisotopic (exact) mass is 230 g/mol. The Morgan fingerprint density at radius 1 is 1.50 bits per heavy atom. The van der Waals surface area contributed by atoms with E-state index < -0.39 is 0 Å². The minimum Gasteiger partial charge on any atom is -0.382 e. The van der Waals surface area contributed by atoms with Crippen LogP contribution < -0.4 is 0 Å². The van der Waals surface area contributed by atoms with Gasteiger partial charge in [0.2, 0.25) is 0 Å². The molecule has 0 heterocycles. The molecule has 0 aromatic rings. The molecule has 0 spiro atoms. The third-order valence-electron chi connectivity index (χ3n) is 0.635. The number of ether oxygens (including phenoxy) is 2. The van der Waals surface area contributed by atoms with Gasteiger partial charge in [0.05, 0.1) is 13.2 Å². The fourth-order valence-corrected chi connectivity index (χ4v) is 0.548. The molecular formula is C5H11IO2. The predicted octanol–water partition coefficient (Wildman–Crippen LogP) is 1.43. The van der Waals surface area contributed by atoms with Crippen molar-refractivity contribution >= 4 is 22.6 Å². The SMILES string of the molecule is COCCOC(C)I. The van der Waals surface area contributed by atoms with Crippen LogP contribution in [-0.2, 0) is 9.47 Å². The molecule has 1 unspecified atom stereocenters. The Bertz CT molecular complexity index is 47.7. The normalized spacial score (nSPS) is 13.9. The fourth-order valence-electron chi connectivity index (χ4n) is 0.294. The van der Waals surface area contributed by atoms with E-state index in [1.54, 1.807) is 7.11 Å². The summed E-state index contributed by atoms with van der Waals surface area (Å²) in [4.78, 5) is 0. The third kappa shape index (κ3) is 6.65. The zero-order valence-electron chi connectivity index (χ0n) is 5.19. The first-order valence-electron chi connectivity index (χ1n) is 2.52. The van der Waals surface area contributed by atoms with E-state index in [1.165, 1.54) is 0 Å². The molecule has 3 heteroatoms. The van der Waals surface area contributed by atoms with Gasteiger partial charge in [-0.1, -0.05) is 22.6 Å². The smallest absolute Gasteiger partial charge is 0.106 e. The number of hydrogen-bond donors (Lipinski definition) is 0. The minimum atomic E-state index is 0.294. The standard InChI is InChI=1S/C5H11IO2/c1-5(6)8-4-3-7-2/h5H,3-4H2,1-2H3. The Morgan fingerprint density at radius 3 is 2.50 bits per heavy atom. The van der Waals surface area contributed by atoms with Gasteiger partial charge in [-0.15, -0.1) is 0 Å². The molecular weight excluding hydrogens is 219 g/mol. The van der Waals surface area contributed by atoms with Crippen LogP contribution in [0, 0.1) is 0 Å². The second-order valence-electron chi connectivity index (χ2n) is 1.41. The minimum absolute atomic E-state index is 0.294. The van der Waals surface area contributed by atoms with Crippen LogP contribution in [-0.4, -0.2) is 24.4 Å². The van der Waals surface area contributed by atoms with Gasteiger partial charge in [0.15, 0.2) is 0 Å². The van der Waals surface area contributed by atoms with Gasteiger partial charge < -0.3 is 9.47 Å². The van der Waals surface area contributed by atoms with E-state index in [0.717, 1.165) is 0 Å². The first-order valence-corrected chi connectivity index (χ1v) is 3.76. The fraction of sp³-hybridized carbons (Fsp3) is 1.00. The van der Waals surface area contributed by atoms with Crippen molar-refractivity contribution in [2.75, 3.05) is 20.3 Å². The zero-order valence-corrected chi connectivity index (χ0v) is 7.34. The largest absolute Gasteiger partial charge is 0.382 e. The predicted molar refractivity (Wildman–Crippen MR) is 41.3 cm³/mol. The van der Waals surface area contributed by atoms with Crippen LogP contribution in [0.2, 0.25) is 0 Å². The van der Waals surface area contributed by atoms with E-state index in [9.17, 15) is 0 Å².